The van der Waals surface area contributed by atoms with Crippen molar-refractivity contribution >= 4 is 24.3 Å². The molecule has 0 atom stereocenters. The van der Waals surface area contributed by atoms with Gasteiger partial charge in [0.05, 0.1) is 13.2 Å². The first-order chi connectivity index (χ1) is 8.84. The molecule has 104 valence electrons. The highest BCUT2D eigenvalue weighted by Crippen LogP contribution is 2.03. The normalized spacial score (nSPS) is 16.2. The van der Waals surface area contributed by atoms with E-state index in [0.29, 0.717) is 6.42 Å². The standard InChI is InChI=1S/C15H19NO2.ClH/c17-15(7-6-14-4-2-1-3-5-14)8-9-16-10-12-18-13-11-16;/h1-7H,8-13H2;1H. The lowest BCUT2D eigenvalue weighted by molar-refractivity contribution is -0.115. The van der Waals surface area contributed by atoms with Crippen molar-refractivity contribution < 1.29 is 9.53 Å². The van der Waals surface area contributed by atoms with E-state index in [4.69, 9.17) is 4.74 Å². The number of rotatable bonds is 5. The molecule has 0 saturated carbocycles. The molecule has 19 heavy (non-hydrogen) atoms. The van der Waals surface area contributed by atoms with Crippen molar-refractivity contribution in [2.24, 2.45) is 0 Å². The number of nitrogens with zero attached hydrogens (tertiary/aromatic N) is 1. The number of allylic oxidation sites excluding steroid dienone is 1. The van der Waals surface area contributed by atoms with Gasteiger partial charge in [-0.3, -0.25) is 9.69 Å². The molecule has 3 nitrogen and oxygen atoms in total. The van der Waals surface area contributed by atoms with Crippen molar-refractivity contribution in [1.82, 2.24) is 4.90 Å². The topological polar surface area (TPSA) is 29.5 Å². The van der Waals surface area contributed by atoms with Gasteiger partial charge in [-0.15, -0.1) is 12.4 Å². The minimum atomic E-state index is 0. The predicted molar refractivity (Wildman–Crippen MR) is 79.6 cm³/mol. The van der Waals surface area contributed by atoms with Gasteiger partial charge in [0, 0.05) is 26.1 Å². The minimum absolute atomic E-state index is 0. The zero-order valence-corrected chi connectivity index (χ0v) is 11.8. The van der Waals surface area contributed by atoms with Gasteiger partial charge in [-0.1, -0.05) is 36.4 Å². The van der Waals surface area contributed by atoms with Gasteiger partial charge in [0.25, 0.3) is 0 Å². The maximum Gasteiger partial charge on any atom is 0.156 e. The molecule has 0 N–H and O–H groups in total. The molecule has 1 fully saturated rings. The van der Waals surface area contributed by atoms with Crippen LogP contribution in [0.5, 0.6) is 0 Å². The lowest BCUT2D eigenvalue weighted by Crippen LogP contribution is -2.37. The third-order valence-electron chi connectivity index (χ3n) is 3.04. The Balaban J connectivity index is 0.00000180. The number of hydrogen-bond donors (Lipinski definition) is 0. The number of morpholine rings is 1. The molecular weight excluding hydrogens is 262 g/mol. The van der Waals surface area contributed by atoms with Crippen LogP contribution < -0.4 is 0 Å². The largest absolute Gasteiger partial charge is 0.379 e. The number of carbonyl (C=O) groups is 1. The third kappa shape index (κ3) is 6.01. The summed E-state index contributed by atoms with van der Waals surface area (Å²) in [6, 6.07) is 9.89. The fourth-order valence-corrected chi connectivity index (χ4v) is 1.93. The van der Waals surface area contributed by atoms with Gasteiger partial charge in [-0.2, -0.15) is 0 Å². The van der Waals surface area contributed by atoms with Crippen LogP contribution in [0.25, 0.3) is 6.08 Å². The summed E-state index contributed by atoms with van der Waals surface area (Å²) in [4.78, 5) is 14.0. The molecule has 1 aliphatic rings. The molecule has 2 rings (SSSR count). The van der Waals surface area contributed by atoms with Crippen molar-refractivity contribution in [2.45, 2.75) is 6.42 Å². The summed E-state index contributed by atoms with van der Waals surface area (Å²) in [5.41, 5.74) is 1.07. The summed E-state index contributed by atoms with van der Waals surface area (Å²) >= 11 is 0. The van der Waals surface area contributed by atoms with Crippen LogP contribution in [0.1, 0.15) is 12.0 Å². The molecule has 0 aliphatic carbocycles. The van der Waals surface area contributed by atoms with E-state index in [0.717, 1.165) is 38.4 Å². The van der Waals surface area contributed by atoms with E-state index in [1.54, 1.807) is 6.08 Å². The smallest absolute Gasteiger partial charge is 0.156 e. The number of benzene rings is 1. The quantitative estimate of drug-likeness (QED) is 0.777. The summed E-state index contributed by atoms with van der Waals surface area (Å²) in [5.74, 6) is 0.186. The van der Waals surface area contributed by atoms with Crippen LogP contribution in [-0.4, -0.2) is 43.5 Å². The summed E-state index contributed by atoms with van der Waals surface area (Å²) in [6.07, 6.45) is 4.14. The van der Waals surface area contributed by atoms with E-state index >= 15 is 0 Å². The first-order valence-corrected chi connectivity index (χ1v) is 6.41. The van der Waals surface area contributed by atoms with Gasteiger partial charge in [0.1, 0.15) is 0 Å². The first kappa shape index (κ1) is 15.9. The van der Waals surface area contributed by atoms with Crippen LogP contribution in [0.3, 0.4) is 0 Å². The van der Waals surface area contributed by atoms with E-state index in [1.165, 1.54) is 0 Å². The van der Waals surface area contributed by atoms with Crippen LogP contribution in [0.4, 0.5) is 0 Å². The third-order valence-corrected chi connectivity index (χ3v) is 3.04. The van der Waals surface area contributed by atoms with Crippen LogP contribution in [0.2, 0.25) is 0 Å². The van der Waals surface area contributed by atoms with Crippen molar-refractivity contribution in [3.8, 4) is 0 Å². The molecule has 0 bridgehead atoms. The van der Waals surface area contributed by atoms with Gasteiger partial charge in [0.2, 0.25) is 0 Å². The first-order valence-electron chi connectivity index (χ1n) is 6.41. The van der Waals surface area contributed by atoms with Crippen LogP contribution in [-0.2, 0) is 9.53 Å². The SMILES string of the molecule is Cl.O=C(C=Cc1ccccc1)CCN1CCOCC1. The van der Waals surface area contributed by atoms with E-state index in [2.05, 4.69) is 4.90 Å². The number of hydrogen-bond acceptors (Lipinski definition) is 3. The molecule has 0 unspecified atom stereocenters. The molecule has 4 heteroatoms. The Morgan fingerprint density at radius 3 is 2.58 bits per heavy atom. The van der Waals surface area contributed by atoms with Crippen LogP contribution in [0, 0.1) is 0 Å². The molecule has 1 heterocycles. The molecule has 0 radical (unpaired) electrons. The second-order valence-corrected chi connectivity index (χ2v) is 4.41. The summed E-state index contributed by atoms with van der Waals surface area (Å²) in [5, 5.41) is 0. The zero-order valence-electron chi connectivity index (χ0n) is 11.0. The Morgan fingerprint density at radius 1 is 1.21 bits per heavy atom. The minimum Gasteiger partial charge on any atom is -0.379 e. The Morgan fingerprint density at radius 2 is 1.89 bits per heavy atom. The predicted octanol–water partition coefficient (Wildman–Crippen LogP) is 2.41. The summed E-state index contributed by atoms with van der Waals surface area (Å²) in [6.45, 7) is 4.29. The van der Waals surface area contributed by atoms with Crippen molar-refractivity contribution in [3.63, 3.8) is 0 Å². The fourth-order valence-electron chi connectivity index (χ4n) is 1.93. The summed E-state index contributed by atoms with van der Waals surface area (Å²) < 4.78 is 5.27. The highest BCUT2D eigenvalue weighted by Gasteiger charge is 2.10. The van der Waals surface area contributed by atoms with Crippen LogP contribution in [0.15, 0.2) is 36.4 Å². The number of halogens is 1. The lowest BCUT2D eigenvalue weighted by Gasteiger charge is -2.25. The molecule has 1 aromatic carbocycles. The Labute approximate surface area is 120 Å². The number of carbonyl (C=O) groups excluding carboxylic acids is 1. The molecule has 0 aromatic heterocycles. The van der Waals surface area contributed by atoms with Crippen molar-refractivity contribution in [1.29, 1.82) is 0 Å². The van der Waals surface area contributed by atoms with Gasteiger partial charge in [-0.25, -0.2) is 0 Å². The van der Waals surface area contributed by atoms with Crippen LogP contribution >= 0.6 is 12.4 Å². The van der Waals surface area contributed by atoms with E-state index in [9.17, 15) is 4.79 Å². The molecular formula is C15H20ClNO2. The van der Waals surface area contributed by atoms with E-state index < -0.39 is 0 Å². The zero-order chi connectivity index (χ0) is 12.6. The average Bonchev–Trinajstić information content (AvgIpc) is 2.45. The van der Waals surface area contributed by atoms with Gasteiger partial charge >= 0.3 is 0 Å². The van der Waals surface area contributed by atoms with Gasteiger partial charge in [0.15, 0.2) is 5.78 Å². The van der Waals surface area contributed by atoms with Gasteiger partial charge < -0.3 is 4.74 Å². The highest BCUT2D eigenvalue weighted by molar-refractivity contribution is 5.93. The maximum atomic E-state index is 11.7. The Hall–Kier alpha value is -1.16. The average molecular weight is 282 g/mol. The van der Waals surface area contributed by atoms with Crippen molar-refractivity contribution in [2.75, 3.05) is 32.8 Å². The highest BCUT2D eigenvalue weighted by atomic mass is 35.5. The summed E-state index contributed by atoms with van der Waals surface area (Å²) in [7, 11) is 0. The van der Waals surface area contributed by atoms with E-state index in [1.807, 2.05) is 36.4 Å². The number of ketones is 1. The molecule has 0 amide bonds. The van der Waals surface area contributed by atoms with Gasteiger partial charge in [-0.05, 0) is 11.6 Å². The van der Waals surface area contributed by atoms with Crippen molar-refractivity contribution in [3.05, 3.63) is 42.0 Å². The molecule has 1 aliphatic heterocycles. The Kier molecular flexibility index (Phi) is 7.41. The molecule has 1 saturated heterocycles. The number of ether oxygens (including phenoxy) is 1. The second-order valence-electron chi connectivity index (χ2n) is 4.41. The van der Waals surface area contributed by atoms with E-state index in [-0.39, 0.29) is 18.2 Å². The second kappa shape index (κ2) is 8.86. The fraction of sp³-hybridized carbons (Fsp3) is 0.400. The monoisotopic (exact) mass is 281 g/mol. The molecule has 0 spiro atoms. The maximum absolute atomic E-state index is 11.7. The lowest BCUT2D eigenvalue weighted by atomic mass is 10.1. The Bertz CT molecular complexity index is 400. The molecule has 1 aromatic rings.